The van der Waals surface area contributed by atoms with Gasteiger partial charge >= 0.3 is 11.9 Å². The maximum atomic E-state index is 12.5. The first-order chi connectivity index (χ1) is 12.8. The van der Waals surface area contributed by atoms with Crippen molar-refractivity contribution in [2.45, 2.75) is 13.0 Å². The first kappa shape index (κ1) is 20.3. The Balaban J connectivity index is 2.23. The van der Waals surface area contributed by atoms with Crippen LogP contribution in [0.25, 0.3) is 0 Å². The molecule has 0 spiro atoms. The molecule has 1 amide bonds. The number of halogens is 1. The standard InChI is InChI=1S/C19H18ClNO6/c1-11(27-14-6-4-5-13(20)10-14)17(22)21-16-9-12(18(23)25-2)7-8-15(16)19(24)26-3/h4-11H,1-3H3,(H,21,22)/t11-/m0/s1. The zero-order valence-electron chi connectivity index (χ0n) is 14.9. The highest BCUT2D eigenvalue weighted by molar-refractivity contribution is 6.30. The van der Waals surface area contributed by atoms with Crippen LogP contribution in [-0.2, 0) is 14.3 Å². The van der Waals surface area contributed by atoms with Crippen molar-refractivity contribution in [1.82, 2.24) is 0 Å². The molecule has 142 valence electrons. The van der Waals surface area contributed by atoms with E-state index in [1.165, 1.54) is 39.3 Å². The Morgan fingerprint density at radius 1 is 1.00 bits per heavy atom. The van der Waals surface area contributed by atoms with E-state index in [9.17, 15) is 14.4 Å². The number of carbonyl (C=O) groups excluding carboxylic acids is 3. The van der Waals surface area contributed by atoms with Gasteiger partial charge in [-0.25, -0.2) is 9.59 Å². The highest BCUT2D eigenvalue weighted by Crippen LogP contribution is 2.22. The van der Waals surface area contributed by atoms with Gasteiger partial charge in [0.2, 0.25) is 0 Å². The second kappa shape index (κ2) is 9.05. The number of esters is 2. The number of hydrogen-bond acceptors (Lipinski definition) is 6. The fraction of sp³-hybridized carbons (Fsp3) is 0.211. The van der Waals surface area contributed by atoms with E-state index in [1.807, 2.05) is 0 Å². The summed E-state index contributed by atoms with van der Waals surface area (Å²) in [7, 11) is 2.45. The van der Waals surface area contributed by atoms with Crippen molar-refractivity contribution in [3.8, 4) is 5.75 Å². The van der Waals surface area contributed by atoms with Gasteiger partial charge in [0.1, 0.15) is 5.75 Å². The summed E-state index contributed by atoms with van der Waals surface area (Å²) >= 11 is 5.89. The lowest BCUT2D eigenvalue weighted by Crippen LogP contribution is -2.31. The van der Waals surface area contributed by atoms with E-state index < -0.39 is 23.9 Å². The fourth-order valence-corrected chi connectivity index (χ4v) is 2.39. The van der Waals surface area contributed by atoms with Crippen LogP contribution in [0.1, 0.15) is 27.6 Å². The molecule has 2 aromatic carbocycles. The summed E-state index contributed by atoms with van der Waals surface area (Å²) < 4.78 is 14.9. The van der Waals surface area contributed by atoms with Crippen LogP contribution < -0.4 is 10.1 Å². The van der Waals surface area contributed by atoms with Crippen molar-refractivity contribution in [3.05, 3.63) is 58.6 Å². The Kier molecular flexibility index (Phi) is 6.79. The van der Waals surface area contributed by atoms with Crippen molar-refractivity contribution < 1.29 is 28.6 Å². The Labute approximate surface area is 161 Å². The van der Waals surface area contributed by atoms with Gasteiger partial charge in [-0.2, -0.15) is 0 Å². The van der Waals surface area contributed by atoms with Crippen LogP contribution in [0.15, 0.2) is 42.5 Å². The molecule has 2 rings (SSSR count). The summed E-state index contributed by atoms with van der Waals surface area (Å²) in [5.74, 6) is -1.38. The zero-order chi connectivity index (χ0) is 20.0. The van der Waals surface area contributed by atoms with Crippen molar-refractivity contribution in [1.29, 1.82) is 0 Å². The molecule has 2 aromatic rings. The molecule has 27 heavy (non-hydrogen) atoms. The summed E-state index contributed by atoms with van der Waals surface area (Å²) in [5, 5.41) is 3.05. The Morgan fingerprint density at radius 2 is 1.70 bits per heavy atom. The number of nitrogens with one attached hydrogen (secondary N) is 1. The lowest BCUT2D eigenvalue weighted by Gasteiger charge is -2.16. The zero-order valence-corrected chi connectivity index (χ0v) is 15.7. The van der Waals surface area contributed by atoms with Gasteiger partial charge in [0.25, 0.3) is 5.91 Å². The van der Waals surface area contributed by atoms with E-state index in [2.05, 4.69) is 10.1 Å². The number of benzene rings is 2. The second-order valence-electron chi connectivity index (χ2n) is 5.45. The smallest absolute Gasteiger partial charge is 0.339 e. The molecule has 0 saturated heterocycles. The number of methoxy groups -OCH3 is 2. The van der Waals surface area contributed by atoms with Crippen molar-refractivity contribution >= 4 is 35.1 Å². The van der Waals surface area contributed by atoms with Gasteiger partial charge < -0.3 is 19.5 Å². The average Bonchev–Trinajstić information content (AvgIpc) is 2.66. The molecule has 0 radical (unpaired) electrons. The van der Waals surface area contributed by atoms with Crippen LogP contribution in [0, 0.1) is 0 Å². The van der Waals surface area contributed by atoms with Crippen LogP contribution in [-0.4, -0.2) is 38.2 Å². The van der Waals surface area contributed by atoms with E-state index in [0.717, 1.165) is 0 Å². The van der Waals surface area contributed by atoms with Crippen molar-refractivity contribution in [2.24, 2.45) is 0 Å². The Bertz CT molecular complexity index is 867. The lowest BCUT2D eigenvalue weighted by molar-refractivity contribution is -0.122. The van der Waals surface area contributed by atoms with E-state index in [4.69, 9.17) is 21.1 Å². The van der Waals surface area contributed by atoms with Gasteiger partial charge in [-0.3, -0.25) is 4.79 Å². The molecule has 0 fully saturated rings. The van der Waals surface area contributed by atoms with E-state index >= 15 is 0 Å². The minimum Gasteiger partial charge on any atom is -0.481 e. The van der Waals surface area contributed by atoms with Crippen LogP contribution >= 0.6 is 11.6 Å². The third-order valence-corrected chi connectivity index (χ3v) is 3.82. The molecular weight excluding hydrogens is 374 g/mol. The van der Waals surface area contributed by atoms with Gasteiger partial charge in [-0.05, 0) is 43.3 Å². The van der Waals surface area contributed by atoms with Gasteiger partial charge in [0.05, 0.1) is 31.0 Å². The number of rotatable bonds is 6. The second-order valence-corrected chi connectivity index (χ2v) is 5.89. The largest absolute Gasteiger partial charge is 0.481 e. The van der Waals surface area contributed by atoms with Crippen LogP contribution in [0.2, 0.25) is 5.02 Å². The molecule has 1 atom stereocenters. The van der Waals surface area contributed by atoms with Gasteiger partial charge in [0, 0.05) is 5.02 Å². The molecular formula is C19H18ClNO6. The first-order valence-electron chi connectivity index (χ1n) is 7.89. The molecule has 0 aliphatic carbocycles. The lowest BCUT2D eigenvalue weighted by atomic mass is 10.1. The normalized spacial score (nSPS) is 11.3. The Hall–Kier alpha value is -3.06. The molecule has 0 heterocycles. The molecule has 8 heteroatoms. The molecule has 1 N–H and O–H groups in total. The maximum Gasteiger partial charge on any atom is 0.339 e. The summed E-state index contributed by atoms with van der Waals surface area (Å²) in [4.78, 5) is 36.1. The number of anilines is 1. The van der Waals surface area contributed by atoms with Gasteiger partial charge in [-0.15, -0.1) is 0 Å². The number of ether oxygens (including phenoxy) is 3. The van der Waals surface area contributed by atoms with Crippen LogP contribution in [0.4, 0.5) is 5.69 Å². The minimum atomic E-state index is -0.893. The summed E-state index contributed by atoms with van der Waals surface area (Å²) in [5.41, 5.74) is 0.369. The molecule has 0 unspecified atom stereocenters. The third-order valence-electron chi connectivity index (χ3n) is 3.58. The predicted molar refractivity (Wildman–Crippen MR) is 99.3 cm³/mol. The van der Waals surface area contributed by atoms with Crippen LogP contribution in [0.5, 0.6) is 5.75 Å². The van der Waals surface area contributed by atoms with Crippen molar-refractivity contribution in [3.63, 3.8) is 0 Å². The van der Waals surface area contributed by atoms with Crippen LogP contribution in [0.3, 0.4) is 0 Å². The molecule has 0 aliphatic rings. The molecule has 0 aromatic heterocycles. The van der Waals surface area contributed by atoms with Crippen molar-refractivity contribution in [2.75, 3.05) is 19.5 Å². The number of hydrogen-bond donors (Lipinski definition) is 1. The highest BCUT2D eigenvalue weighted by Gasteiger charge is 2.21. The van der Waals surface area contributed by atoms with Gasteiger partial charge in [-0.1, -0.05) is 17.7 Å². The molecule has 0 aliphatic heterocycles. The van der Waals surface area contributed by atoms with Gasteiger partial charge in [0.15, 0.2) is 6.10 Å². The monoisotopic (exact) mass is 391 g/mol. The number of amides is 1. The molecule has 0 bridgehead atoms. The number of carbonyl (C=O) groups is 3. The summed E-state index contributed by atoms with van der Waals surface area (Å²) in [6.07, 6.45) is -0.893. The molecule has 0 saturated carbocycles. The highest BCUT2D eigenvalue weighted by atomic mass is 35.5. The SMILES string of the molecule is COC(=O)c1ccc(C(=O)OC)c(NC(=O)[C@H](C)Oc2cccc(Cl)c2)c1. The topological polar surface area (TPSA) is 90.9 Å². The predicted octanol–water partition coefficient (Wildman–Crippen LogP) is 3.32. The summed E-state index contributed by atoms with van der Waals surface area (Å²) in [6.45, 7) is 1.54. The fourth-order valence-electron chi connectivity index (χ4n) is 2.21. The van der Waals surface area contributed by atoms with E-state index in [-0.39, 0.29) is 16.8 Å². The molecule has 7 nitrogen and oxygen atoms in total. The maximum absolute atomic E-state index is 12.5. The third kappa shape index (κ3) is 5.21. The minimum absolute atomic E-state index is 0.0912. The van der Waals surface area contributed by atoms with E-state index in [0.29, 0.717) is 10.8 Å². The van der Waals surface area contributed by atoms with E-state index in [1.54, 1.807) is 24.3 Å². The average molecular weight is 392 g/mol. The Morgan fingerprint density at radius 3 is 2.33 bits per heavy atom. The quantitative estimate of drug-likeness (QED) is 0.759. The summed E-state index contributed by atoms with van der Waals surface area (Å²) in [6, 6.07) is 10.7. The first-order valence-corrected chi connectivity index (χ1v) is 8.27.